The Balaban J connectivity index is 0.00000392. The van der Waals surface area contributed by atoms with Gasteiger partial charge in [-0.05, 0) is 37.7 Å². The lowest BCUT2D eigenvalue weighted by atomic mass is 10.0. The topological polar surface area (TPSA) is 48.9 Å². The van der Waals surface area contributed by atoms with Crippen LogP contribution in [0.2, 0.25) is 0 Å². The van der Waals surface area contributed by atoms with Gasteiger partial charge in [0.15, 0.2) is 5.96 Å². The highest BCUT2D eigenvalue weighted by Gasteiger charge is 2.19. The molecule has 2 N–H and O–H groups in total. The van der Waals surface area contributed by atoms with E-state index in [9.17, 15) is 0 Å². The molecule has 5 nitrogen and oxygen atoms in total. The molecule has 0 aromatic heterocycles. The Labute approximate surface area is 188 Å². The van der Waals surface area contributed by atoms with E-state index in [1.807, 2.05) is 0 Å². The predicted molar refractivity (Wildman–Crippen MR) is 130 cm³/mol. The number of hydrogen-bond acceptors (Lipinski definition) is 3. The number of benzene rings is 1. The third-order valence-electron chi connectivity index (χ3n) is 4.69. The molecule has 1 saturated heterocycles. The summed E-state index contributed by atoms with van der Waals surface area (Å²) in [5, 5.41) is 7.00. The Kier molecular flexibility index (Phi) is 13.5. The number of rotatable bonds is 10. The summed E-state index contributed by atoms with van der Waals surface area (Å²) in [7, 11) is 0. The molecule has 0 atom stereocenters. The number of nitrogens with one attached hydrogen (secondary N) is 2. The zero-order chi connectivity index (χ0) is 19.3. The van der Waals surface area contributed by atoms with E-state index in [0.717, 1.165) is 71.2 Å². The zero-order valence-electron chi connectivity index (χ0n) is 17.8. The summed E-state index contributed by atoms with van der Waals surface area (Å²) in [6.07, 6.45) is 3.29. The van der Waals surface area contributed by atoms with Gasteiger partial charge in [0.05, 0.1) is 0 Å². The lowest BCUT2D eigenvalue weighted by Gasteiger charge is -2.33. The number of likely N-dealkylation sites (tertiary alicyclic amines) is 1. The predicted octanol–water partition coefficient (Wildman–Crippen LogP) is 3.89. The van der Waals surface area contributed by atoms with Gasteiger partial charge in [0.2, 0.25) is 0 Å². The van der Waals surface area contributed by atoms with Crippen molar-refractivity contribution in [2.24, 2.45) is 10.9 Å². The van der Waals surface area contributed by atoms with Crippen molar-refractivity contribution < 1.29 is 4.74 Å². The van der Waals surface area contributed by atoms with Gasteiger partial charge in [-0.1, -0.05) is 44.2 Å². The minimum atomic E-state index is 0. The van der Waals surface area contributed by atoms with E-state index >= 15 is 0 Å². The molecule has 6 heteroatoms. The number of nitrogens with zero attached hydrogens (tertiary/aromatic N) is 2. The first-order valence-corrected chi connectivity index (χ1v) is 10.6. The third-order valence-corrected chi connectivity index (χ3v) is 4.69. The van der Waals surface area contributed by atoms with Crippen molar-refractivity contribution in [1.29, 1.82) is 0 Å². The summed E-state index contributed by atoms with van der Waals surface area (Å²) in [6.45, 7) is 13.1. The first kappa shape index (κ1) is 25.2. The van der Waals surface area contributed by atoms with Gasteiger partial charge >= 0.3 is 0 Å². The third kappa shape index (κ3) is 10.6. The summed E-state index contributed by atoms with van der Waals surface area (Å²) in [5.41, 5.74) is 1.40. The second-order valence-corrected chi connectivity index (χ2v) is 7.76. The fourth-order valence-electron chi connectivity index (χ4n) is 3.27. The van der Waals surface area contributed by atoms with Crippen molar-refractivity contribution in [2.45, 2.75) is 52.6 Å². The van der Waals surface area contributed by atoms with E-state index in [4.69, 9.17) is 9.73 Å². The highest BCUT2D eigenvalue weighted by atomic mass is 127. The Morgan fingerprint density at radius 3 is 2.57 bits per heavy atom. The van der Waals surface area contributed by atoms with Crippen LogP contribution in [0.15, 0.2) is 35.3 Å². The van der Waals surface area contributed by atoms with Crippen LogP contribution in [0.4, 0.5) is 0 Å². The maximum absolute atomic E-state index is 5.63. The van der Waals surface area contributed by atoms with Crippen LogP contribution in [0.3, 0.4) is 0 Å². The lowest BCUT2D eigenvalue weighted by molar-refractivity contribution is 0.109. The van der Waals surface area contributed by atoms with Crippen LogP contribution in [0.1, 0.15) is 45.6 Å². The molecule has 1 aliphatic heterocycles. The normalized spacial score (nSPS) is 16.1. The molecular formula is C22H39IN4O. The van der Waals surface area contributed by atoms with Gasteiger partial charge in [-0.3, -0.25) is 9.89 Å². The average Bonchev–Trinajstić information content (AvgIpc) is 2.67. The fraction of sp³-hybridized carbons (Fsp3) is 0.682. The largest absolute Gasteiger partial charge is 0.381 e. The van der Waals surface area contributed by atoms with Crippen molar-refractivity contribution in [3.05, 3.63) is 35.9 Å². The van der Waals surface area contributed by atoms with Crippen molar-refractivity contribution in [3.63, 3.8) is 0 Å². The molecule has 0 amide bonds. The zero-order valence-corrected chi connectivity index (χ0v) is 20.2. The van der Waals surface area contributed by atoms with Crippen molar-refractivity contribution in [2.75, 3.05) is 39.4 Å². The average molecular weight is 502 g/mol. The summed E-state index contributed by atoms with van der Waals surface area (Å²) in [6, 6.07) is 11.3. The standard InChI is InChI=1S/C22H38N4O.HI/c1-4-23-22(24-13-8-16-27-18-19(2)3)25-21-11-14-26(15-12-21)17-20-9-6-5-7-10-20;/h5-7,9-10,19,21H,4,8,11-18H2,1-3H3,(H2,23,24,25);1H. The van der Waals surface area contributed by atoms with Crippen LogP contribution in [0.25, 0.3) is 0 Å². The molecule has 0 unspecified atom stereocenters. The molecule has 2 rings (SSSR count). The molecule has 0 aliphatic carbocycles. The molecule has 1 heterocycles. The molecule has 0 saturated carbocycles. The Bertz CT molecular complexity index is 531. The number of guanidine groups is 1. The Morgan fingerprint density at radius 1 is 1.21 bits per heavy atom. The first-order valence-electron chi connectivity index (χ1n) is 10.6. The minimum Gasteiger partial charge on any atom is -0.381 e. The number of halogens is 1. The summed E-state index contributed by atoms with van der Waals surface area (Å²) in [4.78, 5) is 7.26. The Morgan fingerprint density at radius 2 is 1.93 bits per heavy atom. The van der Waals surface area contributed by atoms with Crippen LogP contribution in [-0.4, -0.2) is 56.3 Å². The molecule has 0 bridgehead atoms. The van der Waals surface area contributed by atoms with Gasteiger partial charge < -0.3 is 15.4 Å². The maximum atomic E-state index is 5.63. The van der Waals surface area contributed by atoms with E-state index in [-0.39, 0.29) is 24.0 Å². The Hall–Kier alpha value is -0.860. The molecule has 0 radical (unpaired) electrons. The number of hydrogen-bond donors (Lipinski definition) is 2. The van der Waals surface area contributed by atoms with Crippen LogP contribution in [0.5, 0.6) is 0 Å². The van der Waals surface area contributed by atoms with Crippen molar-refractivity contribution in [3.8, 4) is 0 Å². The lowest BCUT2D eigenvalue weighted by Crippen LogP contribution is -2.48. The van der Waals surface area contributed by atoms with Crippen molar-refractivity contribution in [1.82, 2.24) is 15.5 Å². The molecular weight excluding hydrogens is 463 g/mol. The smallest absolute Gasteiger partial charge is 0.191 e. The summed E-state index contributed by atoms with van der Waals surface area (Å²) in [5.74, 6) is 1.54. The number of ether oxygens (including phenoxy) is 1. The van der Waals surface area contributed by atoms with Gasteiger partial charge in [-0.15, -0.1) is 24.0 Å². The van der Waals surface area contributed by atoms with Crippen LogP contribution < -0.4 is 10.6 Å². The van der Waals surface area contributed by atoms with E-state index < -0.39 is 0 Å². The maximum Gasteiger partial charge on any atom is 0.191 e. The van der Waals surface area contributed by atoms with Crippen LogP contribution >= 0.6 is 24.0 Å². The molecule has 1 aliphatic rings. The highest BCUT2D eigenvalue weighted by Crippen LogP contribution is 2.13. The quantitative estimate of drug-likeness (QED) is 0.221. The van der Waals surface area contributed by atoms with Crippen LogP contribution in [0, 0.1) is 5.92 Å². The highest BCUT2D eigenvalue weighted by molar-refractivity contribution is 14.0. The van der Waals surface area contributed by atoms with Crippen molar-refractivity contribution >= 4 is 29.9 Å². The molecule has 1 aromatic rings. The molecule has 160 valence electrons. The second-order valence-electron chi connectivity index (χ2n) is 7.76. The molecule has 1 fully saturated rings. The number of piperidine rings is 1. The minimum absolute atomic E-state index is 0. The monoisotopic (exact) mass is 502 g/mol. The molecule has 0 spiro atoms. The van der Waals surface area contributed by atoms with E-state index in [2.05, 4.69) is 66.6 Å². The first-order chi connectivity index (χ1) is 13.2. The van der Waals surface area contributed by atoms with E-state index in [1.54, 1.807) is 0 Å². The fourth-order valence-corrected chi connectivity index (χ4v) is 3.27. The van der Waals surface area contributed by atoms with Gasteiger partial charge in [0.1, 0.15) is 0 Å². The SMILES string of the molecule is CCNC(=NCCCOCC(C)C)NC1CCN(Cc2ccccc2)CC1.I. The van der Waals surface area contributed by atoms with E-state index in [0.29, 0.717) is 12.0 Å². The van der Waals surface area contributed by atoms with Crippen LogP contribution in [-0.2, 0) is 11.3 Å². The summed E-state index contributed by atoms with van der Waals surface area (Å²) < 4.78 is 5.63. The molecule has 28 heavy (non-hydrogen) atoms. The second kappa shape index (κ2) is 15.0. The van der Waals surface area contributed by atoms with Gasteiger partial charge in [-0.25, -0.2) is 0 Å². The molecule has 1 aromatic carbocycles. The van der Waals surface area contributed by atoms with Gasteiger partial charge in [0.25, 0.3) is 0 Å². The summed E-state index contributed by atoms with van der Waals surface area (Å²) >= 11 is 0. The van der Waals surface area contributed by atoms with Gasteiger partial charge in [0, 0.05) is 52.0 Å². The van der Waals surface area contributed by atoms with E-state index in [1.165, 1.54) is 5.56 Å². The number of aliphatic imine (C=N–C) groups is 1. The van der Waals surface area contributed by atoms with Gasteiger partial charge in [-0.2, -0.15) is 0 Å².